The van der Waals surface area contributed by atoms with E-state index in [1.165, 1.54) is 0 Å². The second kappa shape index (κ2) is 6.65. The van der Waals surface area contributed by atoms with Crippen LogP contribution in [-0.2, 0) is 9.63 Å². The maximum atomic E-state index is 12.6. The number of nitriles is 1. The molecule has 1 heterocycles. The first kappa shape index (κ1) is 16.5. The number of carbonyl (C=O) groups is 1. The van der Waals surface area contributed by atoms with Gasteiger partial charge in [-0.15, -0.1) is 0 Å². The zero-order chi connectivity index (χ0) is 17.9. The SMILES string of the molecule is COc1ccc(C2=NO[C@@](C)(C(=O)Nc3ccc(C#N)cc3)C2)cc1. The molecule has 1 amide bonds. The second-order valence-electron chi connectivity index (χ2n) is 5.91. The van der Waals surface area contributed by atoms with E-state index in [4.69, 9.17) is 14.8 Å². The van der Waals surface area contributed by atoms with Crippen LogP contribution in [-0.4, -0.2) is 24.3 Å². The van der Waals surface area contributed by atoms with Crippen molar-refractivity contribution in [3.63, 3.8) is 0 Å². The van der Waals surface area contributed by atoms with Crippen LogP contribution in [0.15, 0.2) is 53.7 Å². The van der Waals surface area contributed by atoms with Crippen LogP contribution < -0.4 is 10.1 Å². The van der Waals surface area contributed by atoms with Crippen LogP contribution in [0.25, 0.3) is 0 Å². The van der Waals surface area contributed by atoms with Crippen molar-refractivity contribution in [3.05, 3.63) is 59.7 Å². The molecule has 2 aromatic rings. The summed E-state index contributed by atoms with van der Waals surface area (Å²) in [4.78, 5) is 18.0. The highest BCUT2D eigenvalue weighted by atomic mass is 16.7. The molecule has 2 aromatic carbocycles. The van der Waals surface area contributed by atoms with Gasteiger partial charge in [-0.25, -0.2) is 0 Å². The Labute approximate surface area is 145 Å². The highest BCUT2D eigenvalue weighted by molar-refractivity contribution is 6.07. The average molecular weight is 335 g/mol. The third kappa shape index (κ3) is 3.45. The lowest BCUT2D eigenvalue weighted by Crippen LogP contribution is -2.40. The molecule has 0 saturated heterocycles. The van der Waals surface area contributed by atoms with Gasteiger partial charge >= 0.3 is 0 Å². The van der Waals surface area contributed by atoms with Gasteiger partial charge in [0.1, 0.15) is 5.75 Å². The number of hydrogen-bond donors (Lipinski definition) is 1. The molecule has 1 atom stereocenters. The molecule has 0 aromatic heterocycles. The van der Waals surface area contributed by atoms with E-state index in [9.17, 15) is 4.79 Å². The fraction of sp³-hybridized carbons (Fsp3) is 0.211. The fourth-order valence-corrected chi connectivity index (χ4v) is 2.49. The van der Waals surface area contributed by atoms with E-state index in [1.54, 1.807) is 38.3 Å². The van der Waals surface area contributed by atoms with Gasteiger partial charge in [0.25, 0.3) is 5.91 Å². The fourth-order valence-electron chi connectivity index (χ4n) is 2.49. The maximum absolute atomic E-state index is 12.6. The van der Waals surface area contributed by atoms with E-state index in [1.807, 2.05) is 30.3 Å². The van der Waals surface area contributed by atoms with Crippen molar-refractivity contribution < 1.29 is 14.4 Å². The predicted octanol–water partition coefficient (Wildman–Crippen LogP) is 3.09. The van der Waals surface area contributed by atoms with Crippen LogP contribution in [0.1, 0.15) is 24.5 Å². The molecule has 1 aliphatic heterocycles. The Kier molecular flexibility index (Phi) is 4.40. The van der Waals surface area contributed by atoms with Gasteiger partial charge in [0.15, 0.2) is 0 Å². The normalized spacial score (nSPS) is 18.7. The molecule has 0 aliphatic carbocycles. The van der Waals surface area contributed by atoms with E-state index >= 15 is 0 Å². The van der Waals surface area contributed by atoms with Crippen LogP contribution >= 0.6 is 0 Å². The average Bonchev–Trinajstić information content (AvgIpc) is 3.06. The number of rotatable bonds is 4. The third-order valence-corrected chi connectivity index (χ3v) is 4.04. The van der Waals surface area contributed by atoms with Crippen molar-refractivity contribution in [1.82, 2.24) is 0 Å². The Morgan fingerprint density at radius 3 is 2.52 bits per heavy atom. The lowest BCUT2D eigenvalue weighted by atomic mass is 9.95. The maximum Gasteiger partial charge on any atom is 0.271 e. The highest BCUT2D eigenvalue weighted by Gasteiger charge is 2.42. The van der Waals surface area contributed by atoms with E-state index in [0.717, 1.165) is 11.3 Å². The molecule has 6 heteroatoms. The largest absolute Gasteiger partial charge is 0.497 e. The topological polar surface area (TPSA) is 83.7 Å². The molecule has 6 nitrogen and oxygen atoms in total. The van der Waals surface area contributed by atoms with E-state index in [-0.39, 0.29) is 5.91 Å². The number of amides is 1. The molecule has 0 bridgehead atoms. The molecule has 0 saturated carbocycles. The van der Waals surface area contributed by atoms with Crippen molar-refractivity contribution in [1.29, 1.82) is 5.26 Å². The van der Waals surface area contributed by atoms with Gasteiger partial charge in [-0.3, -0.25) is 4.79 Å². The number of benzene rings is 2. The number of methoxy groups -OCH3 is 1. The number of nitrogens with one attached hydrogen (secondary N) is 1. The minimum Gasteiger partial charge on any atom is -0.497 e. The van der Waals surface area contributed by atoms with Gasteiger partial charge in [-0.1, -0.05) is 5.16 Å². The standard InChI is InChI=1S/C19H17N3O3/c1-19(18(23)21-15-7-3-13(12-20)4-8-15)11-17(22-25-19)14-5-9-16(24-2)10-6-14/h3-10H,11H2,1-2H3,(H,21,23)/t19-/m1/s1. The number of nitrogens with zero attached hydrogens (tertiary/aromatic N) is 2. The summed E-state index contributed by atoms with van der Waals surface area (Å²) in [5.74, 6) is 0.467. The third-order valence-electron chi connectivity index (χ3n) is 4.04. The smallest absolute Gasteiger partial charge is 0.271 e. The monoisotopic (exact) mass is 335 g/mol. The van der Waals surface area contributed by atoms with Gasteiger partial charge in [0.2, 0.25) is 5.60 Å². The van der Waals surface area contributed by atoms with Gasteiger partial charge < -0.3 is 14.9 Å². The summed E-state index contributed by atoms with van der Waals surface area (Å²) >= 11 is 0. The van der Waals surface area contributed by atoms with E-state index in [0.29, 0.717) is 23.4 Å². The number of hydrogen-bond acceptors (Lipinski definition) is 5. The minimum absolute atomic E-state index is 0.288. The molecule has 0 spiro atoms. The molecule has 0 fully saturated rings. The van der Waals surface area contributed by atoms with Gasteiger partial charge in [-0.05, 0) is 61.0 Å². The first-order valence-electron chi connectivity index (χ1n) is 7.75. The molecule has 126 valence electrons. The second-order valence-corrected chi connectivity index (χ2v) is 5.91. The molecule has 0 unspecified atom stereocenters. The summed E-state index contributed by atoms with van der Waals surface area (Å²) in [6.07, 6.45) is 0.363. The van der Waals surface area contributed by atoms with E-state index in [2.05, 4.69) is 10.5 Å². The molecule has 1 aliphatic rings. The Morgan fingerprint density at radius 2 is 1.92 bits per heavy atom. The van der Waals surface area contributed by atoms with E-state index < -0.39 is 5.60 Å². The number of carbonyl (C=O) groups excluding carboxylic acids is 1. The number of anilines is 1. The molecule has 3 rings (SSSR count). The van der Waals surface area contributed by atoms with Crippen LogP contribution in [0.3, 0.4) is 0 Å². The quantitative estimate of drug-likeness (QED) is 0.930. The summed E-state index contributed by atoms with van der Waals surface area (Å²) in [7, 11) is 1.61. The van der Waals surface area contributed by atoms with Crippen LogP contribution in [0.4, 0.5) is 5.69 Å². The first-order chi connectivity index (χ1) is 12.0. The van der Waals surface area contributed by atoms with Crippen molar-refractivity contribution in [2.75, 3.05) is 12.4 Å². The minimum atomic E-state index is -1.08. The predicted molar refractivity (Wildman–Crippen MR) is 93.4 cm³/mol. The lowest BCUT2D eigenvalue weighted by Gasteiger charge is -2.20. The molecule has 25 heavy (non-hydrogen) atoms. The zero-order valence-electron chi connectivity index (χ0n) is 13.9. The van der Waals surface area contributed by atoms with Gasteiger partial charge in [-0.2, -0.15) is 5.26 Å². The summed E-state index contributed by atoms with van der Waals surface area (Å²) in [6.45, 7) is 1.70. The zero-order valence-corrected chi connectivity index (χ0v) is 13.9. The summed E-state index contributed by atoms with van der Waals surface area (Å²) in [6, 6.07) is 16.1. The molecular formula is C19H17N3O3. The molecule has 1 N–H and O–H groups in total. The summed E-state index contributed by atoms with van der Waals surface area (Å²) in [5, 5.41) is 15.7. The Bertz CT molecular complexity index is 851. The Balaban J connectivity index is 1.68. The number of oxime groups is 1. The van der Waals surface area contributed by atoms with Gasteiger partial charge in [0, 0.05) is 12.1 Å². The van der Waals surface area contributed by atoms with Gasteiger partial charge in [0.05, 0.1) is 24.5 Å². The Hall–Kier alpha value is -3.33. The summed E-state index contributed by atoms with van der Waals surface area (Å²) < 4.78 is 5.14. The molecule has 0 radical (unpaired) electrons. The van der Waals surface area contributed by atoms with Crippen LogP contribution in [0.2, 0.25) is 0 Å². The van der Waals surface area contributed by atoms with Crippen molar-refractivity contribution in [2.45, 2.75) is 18.9 Å². The Morgan fingerprint density at radius 1 is 1.24 bits per heavy atom. The summed E-state index contributed by atoms with van der Waals surface area (Å²) in [5.41, 5.74) is 1.65. The van der Waals surface area contributed by atoms with Crippen LogP contribution in [0.5, 0.6) is 5.75 Å². The number of ether oxygens (including phenoxy) is 1. The van der Waals surface area contributed by atoms with Crippen molar-refractivity contribution in [3.8, 4) is 11.8 Å². The first-order valence-corrected chi connectivity index (χ1v) is 7.75. The lowest BCUT2D eigenvalue weighted by molar-refractivity contribution is -0.135. The van der Waals surface area contributed by atoms with Crippen molar-refractivity contribution in [2.24, 2.45) is 5.16 Å². The van der Waals surface area contributed by atoms with Crippen molar-refractivity contribution >= 4 is 17.3 Å². The highest BCUT2D eigenvalue weighted by Crippen LogP contribution is 2.28. The molecular weight excluding hydrogens is 318 g/mol. The van der Waals surface area contributed by atoms with Crippen LogP contribution in [0, 0.1) is 11.3 Å².